The topological polar surface area (TPSA) is 52.1 Å². The number of carbonyl (C=O) groups excluding carboxylic acids is 1. The van der Waals surface area contributed by atoms with Crippen molar-refractivity contribution in [2.24, 2.45) is 0 Å². The molecule has 30 heavy (non-hydrogen) atoms. The Balaban J connectivity index is 1.76. The fraction of sp³-hybridized carbons (Fsp3) is 0.500. The van der Waals surface area contributed by atoms with Crippen molar-refractivity contribution in [1.29, 1.82) is 0 Å². The molecular weight excluding hydrogens is 372 g/mol. The Hall–Kier alpha value is -2.49. The summed E-state index contributed by atoms with van der Waals surface area (Å²) in [6, 6.07) is 10.3. The van der Waals surface area contributed by atoms with Gasteiger partial charge in [-0.1, -0.05) is 95.2 Å². The van der Waals surface area contributed by atoms with Crippen molar-refractivity contribution in [2.45, 2.75) is 84.0 Å². The van der Waals surface area contributed by atoms with Gasteiger partial charge in [0.05, 0.1) is 0 Å². The number of unbranched alkanes of at least 4 members (excludes halogenated alkanes) is 6. The zero-order chi connectivity index (χ0) is 21.4. The van der Waals surface area contributed by atoms with Crippen LogP contribution in [0.25, 0.3) is 0 Å². The van der Waals surface area contributed by atoms with E-state index in [4.69, 9.17) is 4.74 Å². The van der Waals surface area contributed by atoms with E-state index in [1.165, 1.54) is 50.2 Å². The van der Waals surface area contributed by atoms with Crippen LogP contribution in [-0.4, -0.2) is 15.9 Å². The highest BCUT2D eigenvalue weighted by atomic mass is 16.5. The van der Waals surface area contributed by atoms with Crippen molar-refractivity contribution in [3.63, 3.8) is 0 Å². The predicted octanol–water partition coefficient (Wildman–Crippen LogP) is 6.82. The molecule has 0 amide bonds. The van der Waals surface area contributed by atoms with Gasteiger partial charge in [-0.2, -0.15) is 0 Å². The monoisotopic (exact) mass is 408 g/mol. The van der Waals surface area contributed by atoms with E-state index in [0.717, 1.165) is 31.2 Å². The molecular formula is C26H36N2O2. The summed E-state index contributed by atoms with van der Waals surface area (Å²) < 4.78 is 5.27. The average molecular weight is 409 g/mol. The Morgan fingerprint density at radius 3 is 2.27 bits per heavy atom. The number of hydrogen-bond acceptors (Lipinski definition) is 4. The van der Waals surface area contributed by atoms with Crippen LogP contribution in [0.15, 0.2) is 54.9 Å². The number of aryl methyl sites for hydroxylation is 1. The van der Waals surface area contributed by atoms with Crippen LogP contribution in [0.4, 0.5) is 0 Å². The van der Waals surface area contributed by atoms with Gasteiger partial charge in [0.2, 0.25) is 0 Å². The summed E-state index contributed by atoms with van der Waals surface area (Å²) in [4.78, 5) is 20.6. The van der Waals surface area contributed by atoms with Gasteiger partial charge in [-0.3, -0.25) is 0 Å². The van der Waals surface area contributed by atoms with Crippen LogP contribution in [0.1, 0.15) is 88.7 Å². The molecule has 1 aromatic heterocycles. The number of rotatable bonds is 14. The molecule has 0 N–H and O–H groups in total. The normalized spacial score (nSPS) is 12.2. The van der Waals surface area contributed by atoms with Gasteiger partial charge in [0.25, 0.3) is 0 Å². The number of ether oxygens (including phenoxy) is 1. The summed E-state index contributed by atoms with van der Waals surface area (Å²) in [5.41, 5.74) is 2.29. The lowest BCUT2D eigenvalue weighted by Crippen LogP contribution is -2.08. The number of hydrogen-bond donors (Lipinski definition) is 0. The third-order valence-electron chi connectivity index (χ3n) is 5.23. The Kier molecular flexibility index (Phi) is 11.5. The van der Waals surface area contributed by atoms with Crippen LogP contribution >= 0.6 is 0 Å². The molecule has 1 aromatic carbocycles. The fourth-order valence-corrected chi connectivity index (χ4v) is 3.51. The number of aromatic nitrogens is 2. The lowest BCUT2D eigenvalue weighted by molar-refractivity contribution is -0.129. The van der Waals surface area contributed by atoms with Crippen LogP contribution in [0, 0.1) is 0 Å². The molecule has 2 rings (SSSR count). The zero-order valence-electron chi connectivity index (χ0n) is 18.6. The second kappa shape index (κ2) is 14.5. The predicted molar refractivity (Wildman–Crippen MR) is 123 cm³/mol. The summed E-state index contributed by atoms with van der Waals surface area (Å²) in [5.74, 6) is -0.235. The summed E-state index contributed by atoms with van der Waals surface area (Å²) in [5, 5.41) is 0. The number of allylic oxidation sites excluding steroid dienone is 1. The van der Waals surface area contributed by atoms with Crippen LogP contribution in [0.5, 0.6) is 6.01 Å². The average Bonchev–Trinajstić information content (AvgIpc) is 2.77. The van der Waals surface area contributed by atoms with Gasteiger partial charge in [-0.25, -0.2) is 14.8 Å². The minimum atomic E-state index is -0.438. The smallest absolute Gasteiger partial charge is 0.338 e. The van der Waals surface area contributed by atoms with Crippen LogP contribution in [0.3, 0.4) is 0 Å². The van der Waals surface area contributed by atoms with E-state index in [9.17, 15) is 4.79 Å². The number of esters is 1. The quantitative estimate of drug-likeness (QED) is 0.196. The van der Waals surface area contributed by atoms with E-state index in [2.05, 4.69) is 35.9 Å². The van der Waals surface area contributed by atoms with Crippen molar-refractivity contribution < 1.29 is 9.53 Å². The Morgan fingerprint density at radius 2 is 1.60 bits per heavy atom. The summed E-state index contributed by atoms with van der Waals surface area (Å²) in [6.45, 7) is 4.38. The van der Waals surface area contributed by atoms with Gasteiger partial charge in [0.15, 0.2) is 0 Å². The van der Waals surface area contributed by atoms with E-state index in [1.54, 1.807) is 12.4 Å². The molecule has 0 saturated carbocycles. The van der Waals surface area contributed by atoms with E-state index in [-0.39, 0.29) is 11.9 Å². The highest BCUT2D eigenvalue weighted by Crippen LogP contribution is 2.22. The molecule has 1 unspecified atom stereocenters. The SMILES string of the molecule is CCCCCCCCCc1cnc(OC(=O)/C=C/C(CCC)c2ccccc2)nc1. The number of carbonyl (C=O) groups is 1. The maximum atomic E-state index is 12.2. The van der Waals surface area contributed by atoms with E-state index >= 15 is 0 Å². The van der Waals surface area contributed by atoms with Crippen LogP contribution in [0.2, 0.25) is 0 Å². The van der Waals surface area contributed by atoms with Gasteiger partial charge >= 0.3 is 12.0 Å². The highest BCUT2D eigenvalue weighted by Gasteiger charge is 2.09. The van der Waals surface area contributed by atoms with Gasteiger partial charge in [-0.15, -0.1) is 0 Å². The van der Waals surface area contributed by atoms with E-state index in [0.29, 0.717) is 0 Å². The first-order valence-corrected chi connectivity index (χ1v) is 11.5. The molecule has 0 bridgehead atoms. The van der Waals surface area contributed by atoms with E-state index in [1.807, 2.05) is 24.3 Å². The third kappa shape index (κ3) is 9.34. The van der Waals surface area contributed by atoms with Gasteiger partial charge in [0, 0.05) is 24.4 Å². The molecule has 4 heteroatoms. The molecule has 0 aliphatic heterocycles. The van der Waals surface area contributed by atoms with Gasteiger partial charge < -0.3 is 4.74 Å². The lowest BCUT2D eigenvalue weighted by atomic mass is 9.94. The molecule has 0 aliphatic rings. The minimum absolute atomic E-state index is 0.111. The summed E-state index contributed by atoms with van der Waals surface area (Å²) in [7, 11) is 0. The molecule has 2 aromatic rings. The number of benzene rings is 1. The third-order valence-corrected chi connectivity index (χ3v) is 5.23. The van der Waals surface area contributed by atoms with Crippen molar-refractivity contribution in [3.05, 3.63) is 66.0 Å². The molecule has 4 nitrogen and oxygen atoms in total. The standard InChI is InChI=1S/C26H36N2O2/c1-3-5-6-7-8-9-11-15-22-20-27-26(28-21-22)30-25(29)19-18-23(14-4-2)24-16-12-10-13-17-24/h10,12-13,16-21,23H,3-9,11,14-15H2,1-2H3/b19-18+. The van der Waals surface area contributed by atoms with Gasteiger partial charge in [0.1, 0.15) is 0 Å². The first kappa shape index (κ1) is 23.8. The largest absolute Gasteiger partial charge is 0.388 e. The molecule has 0 aliphatic carbocycles. The Bertz CT molecular complexity index is 741. The van der Waals surface area contributed by atoms with Crippen molar-refractivity contribution in [2.75, 3.05) is 0 Å². The molecule has 0 spiro atoms. The summed E-state index contributed by atoms with van der Waals surface area (Å²) in [6.07, 6.45) is 18.9. The zero-order valence-corrected chi connectivity index (χ0v) is 18.6. The van der Waals surface area contributed by atoms with Crippen LogP contribution in [-0.2, 0) is 11.2 Å². The van der Waals surface area contributed by atoms with Gasteiger partial charge in [-0.05, 0) is 30.4 Å². The van der Waals surface area contributed by atoms with Crippen molar-refractivity contribution >= 4 is 5.97 Å². The molecule has 0 fully saturated rings. The Labute approximate surface area is 181 Å². The second-order valence-corrected chi connectivity index (χ2v) is 7.83. The molecule has 162 valence electrons. The summed E-state index contributed by atoms with van der Waals surface area (Å²) >= 11 is 0. The lowest BCUT2D eigenvalue weighted by Gasteiger charge is -2.11. The van der Waals surface area contributed by atoms with Crippen molar-refractivity contribution in [3.8, 4) is 6.01 Å². The number of nitrogens with zero attached hydrogens (tertiary/aromatic N) is 2. The second-order valence-electron chi connectivity index (χ2n) is 7.83. The van der Waals surface area contributed by atoms with Crippen molar-refractivity contribution in [1.82, 2.24) is 9.97 Å². The molecule has 1 atom stereocenters. The molecule has 0 saturated heterocycles. The minimum Gasteiger partial charge on any atom is -0.388 e. The highest BCUT2D eigenvalue weighted by molar-refractivity contribution is 5.83. The maximum Gasteiger partial charge on any atom is 0.338 e. The van der Waals surface area contributed by atoms with Crippen LogP contribution < -0.4 is 4.74 Å². The Morgan fingerprint density at radius 1 is 0.933 bits per heavy atom. The fourth-order valence-electron chi connectivity index (χ4n) is 3.51. The first-order valence-electron chi connectivity index (χ1n) is 11.5. The molecule has 0 radical (unpaired) electrons. The maximum absolute atomic E-state index is 12.2. The van der Waals surface area contributed by atoms with E-state index < -0.39 is 5.97 Å². The first-order chi connectivity index (χ1) is 14.7. The molecule has 1 heterocycles.